The van der Waals surface area contributed by atoms with Gasteiger partial charge in [0.05, 0.1) is 13.2 Å². The number of ether oxygens (including phenoxy) is 1. The lowest BCUT2D eigenvalue weighted by molar-refractivity contribution is 0.148. The first-order chi connectivity index (χ1) is 10.7. The average Bonchev–Trinajstić information content (AvgIpc) is 2.56. The third-order valence-electron chi connectivity index (χ3n) is 3.16. The van der Waals surface area contributed by atoms with E-state index in [-0.39, 0.29) is 9.70 Å². The maximum atomic E-state index is 11.4. The summed E-state index contributed by atoms with van der Waals surface area (Å²) in [5, 5.41) is 0.188. The predicted molar refractivity (Wildman–Crippen MR) is 99.6 cm³/mol. The summed E-state index contributed by atoms with van der Waals surface area (Å²) in [5.41, 5.74) is 2.48. The summed E-state index contributed by atoms with van der Waals surface area (Å²) in [5.74, 6) is 0. The van der Waals surface area contributed by atoms with E-state index >= 15 is 0 Å². The molecule has 0 fully saturated rings. The normalized spacial score (nSPS) is 12.9. The van der Waals surface area contributed by atoms with Crippen LogP contribution in [0.2, 0.25) is 0 Å². The van der Waals surface area contributed by atoms with Crippen molar-refractivity contribution in [2.24, 2.45) is 0 Å². The molecule has 1 aromatic carbocycles. The lowest BCUT2D eigenvalue weighted by atomic mass is 10.1. The van der Waals surface area contributed by atoms with Crippen molar-refractivity contribution in [1.29, 1.82) is 0 Å². The van der Waals surface area contributed by atoms with Gasteiger partial charge in [0, 0.05) is 5.25 Å². The summed E-state index contributed by atoms with van der Waals surface area (Å²) in [6.07, 6.45) is 7.67. The second-order valence-electron chi connectivity index (χ2n) is 4.94. The molecule has 0 saturated carbocycles. The highest BCUT2D eigenvalue weighted by atomic mass is 32.2. The van der Waals surface area contributed by atoms with Crippen molar-refractivity contribution in [2.45, 2.75) is 31.6 Å². The summed E-state index contributed by atoms with van der Waals surface area (Å²) in [4.78, 5) is 11.4. The molecule has 0 aliphatic carbocycles. The highest BCUT2D eigenvalue weighted by Gasteiger charge is 2.10. The molecule has 0 N–H and O–H groups in total. The first kappa shape index (κ1) is 19.1. The van der Waals surface area contributed by atoms with Gasteiger partial charge in [-0.15, -0.1) is 6.58 Å². The van der Waals surface area contributed by atoms with Gasteiger partial charge in [-0.2, -0.15) is 0 Å². The molecule has 1 atom stereocenters. The zero-order valence-electron chi connectivity index (χ0n) is 13.3. The van der Waals surface area contributed by atoms with E-state index in [1.807, 2.05) is 30.5 Å². The quantitative estimate of drug-likeness (QED) is 0.427. The van der Waals surface area contributed by atoms with E-state index in [1.165, 1.54) is 34.7 Å². The maximum absolute atomic E-state index is 11.4. The van der Waals surface area contributed by atoms with Gasteiger partial charge >= 0.3 is 0 Å². The number of carbonyl (C=O) groups excluding carboxylic acids is 1. The van der Waals surface area contributed by atoms with Crippen LogP contribution in [0.4, 0.5) is 4.79 Å². The van der Waals surface area contributed by atoms with E-state index in [0.717, 1.165) is 12.8 Å². The fourth-order valence-electron chi connectivity index (χ4n) is 1.82. The molecule has 0 aliphatic rings. The Labute approximate surface area is 142 Å². The maximum Gasteiger partial charge on any atom is 0.246 e. The third kappa shape index (κ3) is 8.47. The Bertz CT molecular complexity index is 483. The Balaban J connectivity index is 2.24. The molecule has 120 valence electrons. The zero-order valence-corrected chi connectivity index (χ0v) is 14.9. The van der Waals surface area contributed by atoms with Crippen LogP contribution in [0.25, 0.3) is 0 Å². The summed E-state index contributed by atoms with van der Waals surface area (Å²) in [6, 6.07) is 10.2. The Morgan fingerprint density at radius 3 is 2.73 bits per heavy atom. The van der Waals surface area contributed by atoms with Gasteiger partial charge < -0.3 is 4.74 Å². The second-order valence-corrected chi connectivity index (χ2v) is 7.19. The molecule has 1 rings (SSSR count). The Hall–Kier alpha value is -0.970. The van der Waals surface area contributed by atoms with Crippen molar-refractivity contribution < 1.29 is 9.53 Å². The van der Waals surface area contributed by atoms with E-state index in [1.54, 1.807) is 0 Å². The minimum absolute atomic E-state index is 0.151. The van der Waals surface area contributed by atoms with Gasteiger partial charge in [0.25, 0.3) is 0 Å². The largest absolute Gasteiger partial charge is 0.373 e. The van der Waals surface area contributed by atoms with Gasteiger partial charge in [0.1, 0.15) is 0 Å². The summed E-state index contributed by atoms with van der Waals surface area (Å²) < 4.78 is 5.80. The summed E-state index contributed by atoms with van der Waals surface area (Å²) >= 11 is 2.62. The molecule has 0 heterocycles. The molecule has 2 nitrogen and oxygen atoms in total. The number of hydrogen-bond donors (Lipinski definition) is 0. The molecule has 4 heteroatoms. The number of rotatable bonds is 9. The summed E-state index contributed by atoms with van der Waals surface area (Å²) in [7, 11) is 0. The van der Waals surface area contributed by atoms with Crippen LogP contribution in [-0.2, 0) is 11.3 Å². The molecule has 0 aromatic heterocycles. The van der Waals surface area contributed by atoms with Crippen LogP contribution >= 0.6 is 23.5 Å². The first-order valence-corrected chi connectivity index (χ1v) is 9.40. The van der Waals surface area contributed by atoms with Crippen LogP contribution < -0.4 is 0 Å². The molecule has 1 aromatic rings. The minimum Gasteiger partial charge on any atom is -0.373 e. The van der Waals surface area contributed by atoms with Crippen molar-refractivity contribution in [3.63, 3.8) is 0 Å². The van der Waals surface area contributed by atoms with Gasteiger partial charge in [-0.25, -0.2) is 0 Å². The van der Waals surface area contributed by atoms with Gasteiger partial charge in [0.15, 0.2) is 0 Å². The average molecular weight is 337 g/mol. The van der Waals surface area contributed by atoms with E-state index in [4.69, 9.17) is 4.74 Å². The number of carbonyl (C=O) groups is 1. The number of benzene rings is 1. The lowest BCUT2D eigenvalue weighted by Crippen LogP contribution is -2.01. The van der Waals surface area contributed by atoms with Crippen molar-refractivity contribution in [2.75, 3.05) is 12.9 Å². The Morgan fingerprint density at radius 2 is 2.09 bits per heavy atom. The van der Waals surface area contributed by atoms with Crippen molar-refractivity contribution in [3.05, 3.63) is 60.2 Å². The Kier molecular flexibility index (Phi) is 10.0. The fraction of sp³-hybridized carbons (Fsp3) is 0.389. The molecule has 1 unspecified atom stereocenters. The Morgan fingerprint density at radius 1 is 1.36 bits per heavy atom. The minimum atomic E-state index is 0.151. The fourth-order valence-corrected chi connectivity index (χ4v) is 3.16. The summed E-state index contributed by atoms with van der Waals surface area (Å²) in [6.45, 7) is 7.17. The third-order valence-corrected chi connectivity index (χ3v) is 5.21. The molecule has 0 saturated heterocycles. The van der Waals surface area contributed by atoms with Crippen LogP contribution in [0.1, 0.15) is 25.3 Å². The van der Waals surface area contributed by atoms with E-state index in [0.29, 0.717) is 13.2 Å². The monoisotopic (exact) mass is 336 g/mol. The van der Waals surface area contributed by atoms with Crippen LogP contribution in [0, 0.1) is 0 Å². The number of thioether (sulfide) groups is 2. The van der Waals surface area contributed by atoms with Gasteiger partial charge in [-0.1, -0.05) is 71.6 Å². The molecule has 0 radical (unpaired) electrons. The molecular weight excluding hydrogens is 312 g/mol. The van der Waals surface area contributed by atoms with E-state index in [2.05, 4.69) is 31.7 Å². The lowest BCUT2D eigenvalue weighted by Gasteiger charge is -2.10. The van der Waals surface area contributed by atoms with Gasteiger partial charge in [0.2, 0.25) is 4.45 Å². The molecule has 0 bridgehead atoms. The van der Waals surface area contributed by atoms with Crippen molar-refractivity contribution >= 4 is 28.0 Å². The topological polar surface area (TPSA) is 26.3 Å². The van der Waals surface area contributed by atoms with Crippen LogP contribution in [-0.4, -0.2) is 22.6 Å². The zero-order chi connectivity index (χ0) is 16.2. The molecule has 22 heavy (non-hydrogen) atoms. The van der Waals surface area contributed by atoms with E-state index in [9.17, 15) is 4.79 Å². The smallest absolute Gasteiger partial charge is 0.246 e. The number of allylic oxidation sites excluding steroid dienone is 1. The van der Waals surface area contributed by atoms with Crippen molar-refractivity contribution in [3.8, 4) is 0 Å². The van der Waals surface area contributed by atoms with Crippen molar-refractivity contribution in [1.82, 2.24) is 0 Å². The van der Waals surface area contributed by atoms with Crippen LogP contribution in [0.3, 0.4) is 0 Å². The molecular formula is C18H24O2S2. The second kappa shape index (κ2) is 11.6. The highest BCUT2D eigenvalue weighted by Crippen LogP contribution is 2.25. The van der Waals surface area contributed by atoms with Crippen LogP contribution in [0.15, 0.2) is 54.6 Å². The molecule has 0 aliphatic heterocycles. The van der Waals surface area contributed by atoms with Gasteiger partial charge in [-0.05, 0) is 31.6 Å². The van der Waals surface area contributed by atoms with Gasteiger partial charge in [-0.3, -0.25) is 4.79 Å². The predicted octanol–water partition coefficient (Wildman–Crippen LogP) is 5.70. The van der Waals surface area contributed by atoms with Crippen LogP contribution in [0.5, 0.6) is 0 Å². The first-order valence-electron chi connectivity index (χ1n) is 7.30. The van der Waals surface area contributed by atoms with E-state index < -0.39 is 0 Å². The highest BCUT2D eigenvalue weighted by molar-refractivity contribution is 8.38. The number of hydrogen-bond acceptors (Lipinski definition) is 4. The standard InChI is InChI=1S/C18H24O2S2/c1-4-17(22-18(19)21-3)11-10-15(2)12-13-20-14-16-8-6-5-7-9-16/h4-9,12,17H,1,10-11,13-14H2,2-3H3/b15-12+. The SMILES string of the molecule is C=CC(CC/C(C)=C/COCc1ccccc1)SC(=O)SC. The molecule has 0 amide bonds. The molecule has 0 spiro atoms.